The van der Waals surface area contributed by atoms with E-state index in [1.165, 1.54) is 11.8 Å². The molecule has 0 aromatic carbocycles. The molecular formula is C14H23F3N2O3. The molecule has 1 fully saturated rings. The number of nitrogens with zero attached hydrogens (tertiary/aromatic N) is 1. The zero-order valence-corrected chi connectivity index (χ0v) is 13.3. The van der Waals surface area contributed by atoms with Gasteiger partial charge in [0.25, 0.3) is 0 Å². The van der Waals surface area contributed by atoms with Crippen LogP contribution in [0.4, 0.5) is 18.0 Å². The standard InChI is InChI=1S/C14H23F3N2O3/c1-9(20)19-7-10(6-14(15,16)17)5-11(8-19)18-12(21)22-13(2,3)4/h10-11H,5-8H2,1-4H3,(H,18,21). The number of alkyl carbamates (subject to hydrolysis) is 1. The van der Waals surface area contributed by atoms with E-state index in [1.807, 2.05) is 0 Å². The Morgan fingerprint density at radius 2 is 1.82 bits per heavy atom. The molecule has 2 atom stereocenters. The molecule has 5 nitrogen and oxygen atoms in total. The van der Waals surface area contributed by atoms with Gasteiger partial charge in [0.2, 0.25) is 5.91 Å². The van der Waals surface area contributed by atoms with E-state index < -0.39 is 36.3 Å². The number of amides is 2. The van der Waals surface area contributed by atoms with Crippen molar-refractivity contribution in [3.63, 3.8) is 0 Å². The largest absolute Gasteiger partial charge is 0.444 e. The third-order valence-electron chi connectivity index (χ3n) is 3.22. The Balaban J connectivity index is 2.68. The van der Waals surface area contributed by atoms with Crippen molar-refractivity contribution < 1.29 is 27.5 Å². The summed E-state index contributed by atoms with van der Waals surface area (Å²) in [4.78, 5) is 24.5. The van der Waals surface area contributed by atoms with Crippen molar-refractivity contribution >= 4 is 12.0 Å². The van der Waals surface area contributed by atoms with E-state index in [-0.39, 0.29) is 25.4 Å². The van der Waals surface area contributed by atoms with Crippen molar-refractivity contribution in [2.75, 3.05) is 13.1 Å². The summed E-state index contributed by atoms with van der Waals surface area (Å²) in [5.74, 6) is -1.03. The Bertz CT molecular complexity index is 419. The van der Waals surface area contributed by atoms with Crippen molar-refractivity contribution in [1.29, 1.82) is 0 Å². The van der Waals surface area contributed by atoms with E-state index >= 15 is 0 Å². The first-order valence-corrected chi connectivity index (χ1v) is 7.17. The first-order valence-electron chi connectivity index (χ1n) is 7.17. The number of nitrogens with one attached hydrogen (secondary N) is 1. The molecule has 0 aromatic rings. The van der Waals surface area contributed by atoms with Gasteiger partial charge in [-0.3, -0.25) is 4.79 Å². The molecule has 22 heavy (non-hydrogen) atoms. The second-order valence-corrected chi connectivity index (χ2v) is 6.69. The Hall–Kier alpha value is -1.47. The zero-order valence-electron chi connectivity index (χ0n) is 13.3. The quantitative estimate of drug-likeness (QED) is 0.849. The second-order valence-electron chi connectivity index (χ2n) is 6.69. The number of hydrogen-bond acceptors (Lipinski definition) is 3. The third kappa shape index (κ3) is 7.00. The van der Waals surface area contributed by atoms with Crippen LogP contribution in [-0.4, -0.2) is 47.8 Å². The fourth-order valence-electron chi connectivity index (χ4n) is 2.51. The molecule has 1 saturated heterocycles. The van der Waals surface area contributed by atoms with Gasteiger partial charge in [0.05, 0.1) is 6.04 Å². The molecule has 1 rings (SSSR count). The molecule has 0 saturated carbocycles. The number of piperidine rings is 1. The minimum absolute atomic E-state index is 0.0569. The molecule has 8 heteroatoms. The fraction of sp³-hybridized carbons (Fsp3) is 0.857. The lowest BCUT2D eigenvalue weighted by atomic mass is 9.91. The van der Waals surface area contributed by atoms with E-state index in [9.17, 15) is 22.8 Å². The van der Waals surface area contributed by atoms with Crippen LogP contribution in [0.25, 0.3) is 0 Å². The average Bonchev–Trinajstić information content (AvgIpc) is 2.22. The van der Waals surface area contributed by atoms with Gasteiger partial charge < -0.3 is 15.0 Å². The lowest BCUT2D eigenvalue weighted by Crippen LogP contribution is -2.53. The van der Waals surface area contributed by atoms with Crippen molar-refractivity contribution in [1.82, 2.24) is 10.2 Å². The number of carbonyl (C=O) groups excluding carboxylic acids is 2. The highest BCUT2D eigenvalue weighted by Crippen LogP contribution is 2.30. The summed E-state index contributed by atoms with van der Waals surface area (Å²) < 4.78 is 42.8. The maximum atomic E-state index is 12.6. The van der Waals surface area contributed by atoms with Crippen LogP contribution in [0, 0.1) is 5.92 Å². The summed E-state index contributed by atoms with van der Waals surface area (Å²) in [5, 5.41) is 2.55. The van der Waals surface area contributed by atoms with Crippen LogP contribution in [-0.2, 0) is 9.53 Å². The lowest BCUT2D eigenvalue weighted by Gasteiger charge is -2.38. The minimum atomic E-state index is -4.29. The van der Waals surface area contributed by atoms with Crippen LogP contribution in [0.3, 0.4) is 0 Å². The summed E-state index contributed by atoms with van der Waals surface area (Å²) in [7, 11) is 0. The van der Waals surface area contributed by atoms with Gasteiger partial charge in [-0.15, -0.1) is 0 Å². The van der Waals surface area contributed by atoms with E-state index in [4.69, 9.17) is 4.74 Å². The van der Waals surface area contributed by atoms with Crippen LogP contribution < -0.4 is 5.32 Å². The van der Waals surface area contributed by atoms with Crippen LogP contribution >= 0.6 is 0 Å². The number of halogens is 3. The SMILES string of the molecule is CC(=O)N1CC(CC(F)(F)F)CC(NC(=O)OC(C)(C)C)C1. The predicted molar refractivity (Wildman–Crippen MR) is 74.2 cm³/mol. The summed E-state index contributed by atoms with van der Waals surface area (Å²) in [6, 6.07) is -0.542. The van der Waals surface area contributed by atoms with Crippen molar-refractivity contribution in [2.24, 2.45) is 5.92 Å². The van der Waals surface area contributed by atoms with Crippen molar-refractivity contribution in [2.45, 2.75) is 58.4 Å². The van der Waals surface area contributed by atoms with Gasteiger partial charge in [-0.1, -0.05) is 0 Å². The normalized spacial score (nSPS) is 23.1. The average molecular weight is 324 g/mol. The van der Waals surface area contributed by atoms with Crippen LogP contribution in [0.15, 0.2) is 0 Å². The van der Waals surface area contributed by atoms with Gasteiger partial charge in [-0.2, -0.15) is 13.2 Å². The summed E-state index contributed by atoms with van der Waals surface area (Å²) >= 11 is 0. The number of hydrogen-bond donors (Lipinski definition) is 1. The van der Waals surface area contributed by atoms with Crippen molar-refractivity contribution in [3.8, 4) is 0 Å². The van der Waals surface area contributed by atoms with Crippen LogP contribution in [0.1, 0.15) is 40.5 Å². The maximum absolute atomic E-state index is 12.6. The smallest absolute Gasteiger partial charge is 0.407 e. The summed E-state index contributed by atoms with van der Waals surface area (Å²) in [6.07, 6.45) is -5.78. The van der Waals surface area contributed by atoms with Crippen LogP contribution in [0.2, 0.25) is 0 Å². The molecule has 2 unspecified atom stereocenters. The first-order chi connectivity index (χ1) is 9.85. The summed E-state index contributed by atoms with van der Waals surface area (Å²) in [6.45, 7) is 6.65. The zero-order chi connectivity index (χ0) is 17.1. The lowest BCUT2D eigenvalue weighted by molar-refractivity contribution is -0.152. The molecule has 2 amide bonds. The highest BCUT2D eigenvalue weighted by Gasteiger charge is 2.38. The molecule has 1 aliphatic rings. The number of carbonyl (C=O) groups is 2. The Labute approximate surface area is 128 Å². The Morgan fingerprint density at radius 1 is 1.23 bits per heavy atom. The number of alkyl halides is 3. The highest BCUT2D eigenvalue weighted by molar-refractivity contribution is 5.73. The maximum Gasteiger partial charge on any atom is 0.407 e. The Kier molecular flexibility index (Phi) is 5.70. The van der Waals surface area contributed by atoms with E-state index in [2.05, 4.69) is 5.32 Å². The van der Waals surface area contributed by atoms with Gasteiger partial charge in [-0.05, 0) is 33.1 Å². The predicted octanol–water partition coefficient (Wildman–Crippen LogP) is 2.70. The minimum Gasteiger partial charge on any atom is -0.444 e. The van der Waals surface area contributed by atoms with Gasteiger partial charge >= 0.3 is 12.3 Å². The van der Waals surface area contributed by atoms with Gasteiger partial charge in [-0.25, -0.2) is 4.79 Å². The van der Waals surface area contributed by atoms with Gasteiger partial charge in [0, 0.05) is 26.4 Å². The highest BCUT2D eigenvalue weighted by atomic mass is 19.4. The molecule has 0 spiro atoms. The topological polar surface area (TPSA) is 58.6 Å². The molecule has 0 aromatic heterocycles. The molecule has 1 N–H and O–H groups in total. The molecule has 1 aliphatic heterocycles. The van der Waals surface area contributed by atoms with Crippen LogP contribution in [0.5, 0.6) is 0 Å². The second kappa shape index (κ2) is 6.75. The van der Waals surface area contributed by atoms with E-state index in [0.717, 1.165) is 0 Å². The number of ether oxygens (including phenoxy) is 1. The molecule has 0 aliphatic carbocycles. The number of rotatable bonds is 2. The van der Waals surface area contributed by atoms with Crippen molar-refractivity contribution in [3.05, 3.63) is 0 Å². The molecule has 128 valence electrons. The summed E-state index contributed by atoms with van der Waals surface area (Å²) in [5.41, 5.74) is -0.690. The molecule has 0 radical (unpaired) electrons. The molecule has 1 heterocycles. The Morgan fingerprint density at radius 3 is 2.27 bits per heavy atom. The van der Waals surface area contributed by atoms with E-state index in [0.29, 0.717) is 0 Å². The third-order valence-corrected chi connectivity index (χ3v) is 3.22. The fourth-order valence-corrected chi connectivity index (χ4v) is 2.51. The first kappa shape index (κ1) is 18.6. The molecule has 0 bridgehead atoms. The monoisotopic (exact) mass is 324 g/mol. The van der Waals surface area contributed by atoms with E-state index in [1.54, 1.807) is 20.8 Å². The number of likely N-dealkylation sites (tertiary alicyclic amines) is 1. The molecular weight excluding hydrogens is 301 g/mol. The van der Waals surface area contributed by atoms with Gasteiger partial charge in [0.1, 0.15) is 5.60 Å². The van der Waals surface area contributed by atoms with Gasteiger partial charge in [0.15, 0.2) is 0 Å².